The van der Waals surface area contributed by atoms with Crippen molar-refractivity contribution in [2.45, 2.75) is 13.8 Å². The number of aromatic nitrogens is 7. The van der Waals surface area contributed by atoms with Crippen LogP contribution in [-0.4, -0.2) is 34.9 Å². The summed E-state index contributed by atoms with van der Waals surface area (Å²) in [4.78, 5) is 34.6. The average Bonchev–Trinajstić information content (AvgIpc) is 3.72. The Labute approximate surface area is 494 Å². The molecule has 16 rings (SSSR count). The molecule has 5 aromatic heterocycles. The first-order valence-electron chi connectivity index (χ1n) is 27.3. The molecule has 0 atom stereocenters. The molecule has 0 unspecified atom stereocenters. The molecule has 0 aliphatic carbocycles. The van der Waals surface area contributed by atoms with Gasteiger partial charge in [0.2, 0.25) is 0 Å². The summed E-state index contributed by atoms with van der Waals surface area (Å²) in [7, 11) is 0. The zero-order valence-electron chi connectivity index (χ0n) is 45.2. The van der Waals surface area contributed by atoms with Crippen molar-refractivity contribution < 1.29 is 20.1 Å². The van der Waals surface area contributed by atoms with Crippen molar-refractivity contribution >= 4 is 65.2 Å². The zero-order valence-corrected chi connectivity index (χ0v) is 47.6. The molecule has 11 aromatic carbocycles. The predicted molar refractivity (Wildman–Crippen MR) is 335 cm³/mol. The van der Waals surface area contributed by atoms with E-state index in [0.29, 0.717) is 11.6 Å². The van der Waals surface area contributed by atoms with Crippen molar-refractivity contribution in [3.8, 4) is 79.1 Å². The minimum atomic E-state index is 0. The van der Waals surface area contributed by atoms with Gasteiger partial charge in [0.25, 0.3) is 0 Å². The van der Waals surface area contributed by atoms with Crippen molar-refractivity contribution in [2.75, 3.05) is 0 Å². The van der Waals surface area contributed by atoms with E-state index in [0.717, 1.165) is 133 Å². The number of aryl methyl sites for hydroxylation is 2. The van der Waals surface area contributed by atoms with Gasteiger partial charge in [-0.25, -0.2) is 9.97 Å². The van der Waals surface area contributed by atoms with E-state index in [9.17, 15) is 0 Å². The van der Waals surface area contributed by atoms with Gasteiger partial charge in [0.1, 0.15) is 0 Å². The Hall–Kier alpha value is -10.2. The van der Waals surface area contributed by atoms with E-state index in [1.54, 1.807) is 6.20 Å². The zero-order chi connectivity index (χ0) is 54.9. The molecule has 0 aliphatic rings. The second-order valence-corrected chi connectivity index (χ2v) is 20.3. The van der Waals surface area contributed by atoms with E-state index in [1.807, 2.05) is 91.0 Å². The predicted octanol–water partition coefficient (Wildman–Crippen LogP) is 18.3. The van der Waals surface area contributed by atoms with E-state index in [1.165, 1.54) is 11.1 Å². The van der Waals surface area contributed by atoms with Crippen LogP contribution in [0.4, 0.5) is 0 Å². The molecule has 0 fully saturated rings. The van der Waals surface area contributed by atoms with Gasteiger partial charge in [-0.2, -0.15) is 0 Å². The Morgan fingerprint density at radius 2 is 0.639 bits per heavy atom. The van der Waals surface area contributed by atoms with Gasteiger partial charge in [-0.3, -0.25) is 19.9 Å². The number of benzene rings is 11. The van der Waals surface area contributed by atoms with E-state index >= 15 is 0 Å². The van der Waals surface area contributed by atoms with Crippen LogP contribution in [0.25, 0.3) is 144 Å². The van der Waals surface area contributed by atoms with Gasteiger partial charge in [0.05, 0.1) is 56.5 Å². The van der Waals surface area contributed by atoms with Gasteiger partial charge in [-0.1, -0.05) is 172 Å². The number of rotatable bonds is 7. The molecule has 16 aromatic rings. The average molecular weight is 1240 g/mol. The van der Waals surface area contributed by atoms with E-state index in [4.69, 9.17) is 29.9 Å². The molecule has 0 aliphatic heterocycles. The summed E-state index contributed by atoms with van der Waals surface area (Å²) in [5.41, 5.74) is 18.2. The molecule has 395 valence electrons. The third-order valence-electron chi connectivity index (χ3n) is 14.8. The van der Waals surface area contributed by atoms with Crippen LogP contribution in [0.5, 0.6) is 0 Å². The molecular weight excluding hydrogens is 1190 g/mol. The summed E-state index contributed by atoms with van der Waals surface area (Å²) in [6.45, 7) is 4.15. The maximum atomic E-state index is 5.23. The van der Waals surface area contributed by atoms with Crippen LogP contribution in [0.1, 0.15) is 11.1 Å². The summed E-state index contributed by atoms with van der Waals surface area (Å²) in [6, 6.07) is 94.1. The summed E-state index contributed by atoms with van der Waals surface area (Å²) >= 11 is 0. The van der Waals surface area contributed by atoms with Crippen molar-refractivity contribution in [3.63, 3.8) is 0 Å². The van der Waals surface area contributed by atoms with Crippen LogP contribution in [0.3, 0.4) is 0 Å². The summed E-state index contributed by atoms with van der Waals surface area (Å²) in [5.74, 6) is 1.40. The maximum absolute atomic E-state index is 5.23. The molecule has 0 saturated carbocycles. The van der Waals surface area contributed by atoms with Gasteiger partial charge in [0, 0.05) is 91.6 Å². The molecule has 5 heterocycles. The van der Waals surface area contributed by atoms with Crippen LogP contribution in [0.2, 0.25) is 0 Å². The van der Waals surface area contributed by atoms with Crippen molar-refractivity contribution in [3.05, 3.63) is 284 Å². The van der Waals surface area contributed by atoms with Crippen LogP contribution >= 0.6 is 0 Å². The van der Waals surface area contributed by atoms with Crippen LogP contribution < -0.4 is 0 Å². The Morgan fingerprint density at radius 3 is 0.964 bits per heavy atom. The normalized spacial score (nSPS) is 11.2. The Balaban J connectivity index is 0.000000128. The Kier molecular flexibility index (Phi) is 14.3. The van der Waals surface area contributed by atoms with Gasteiger partial charge in [0.15, 0.2) is 0 Å². The monoisotopic (exact) mass is 1240 g/mol. The minimum Gasteiger partial charge on any atom is -0.305 e. The van der Waals surface area contributed by atoms with Gasteiger partial charge < -0.3 is 4.98 Å². The fraction of sp³-hybridized carbons (Fsp3) is 0.0267. The van der Waals surface area contributed by atoms with Crippen LogP contribution in [-0.2, 0) is 20.1 Å². The minimum absolute atomic E-state index is 0. The molecule has 0 saturated heterocycles. The smallest absolute Gasteiger partial charge is 0.0788 e. The Bertz CT molecular complexity index is 4390. The largest absolute Gasteiger partial charge is 0.305 e. The van der Waals surface area contributed by atoms with Gasteiger partial charge in [-0.15, -0.1) is 107 Å². The number of pyridine rings is 3. The van der Waals surface area contributed by atoms with Gasteiger partial charge >= 0.3 is 0 Å². The SMILES string of the molecule is Cc1cc[c-]c(-c2nc3ccc4c(-c5ccccc5)nc(-c5ccccc5)c5ccc(n2)c3c45)c1.Cc1cc[c-]c(-c2nc3ccc4c(-c5ccccc5)nc(-c5ccccc5)c5ccc(n2)c3c45)c1.[Ir].[c-]1ccccc1-c1ccccn1. The summed E-state index contributed by atoms with van der Waals surface area (Å²) in [5, 5.41) is 8.93. The van der Waals surface area contributed by atoms with E-state index in [-0.39, 0.29) is 20.1 Å². The first-order valence-corrected chi connectivity index (χ1v) is 27.3. The molecule has 7 nitrogen and oxygen atoms in total. The van der Waals surface area contributed by atoms with Crippen molar-refractivity contribution in [1.82, 2.24) is 34.9 Å². The molecule has 0 spiro atoms. The first kappa shape index (κ1) is 52.2. The number of nitrogens with zero attached hydrogens (tertiary/aromatic N) is 7. The molecular formula is C75H48IrN7-3. The third kappa shape index (κ3) is 10.1. The fourth-order valence-corrected chi connectivity index (χ4v) is 11.1. The number of hydrogen-bond acceptors (Lipinski definition) is 7. The van der Waals surface area contributed by atoms with Gasteiger partial charge in [-0.05, 0) is 36.0 Å². The standard InChI is InChI=1S/2C32H20N3.C11H8N.Ir/c2*1-20-9-8-14-23(19-20)32-33-26-17-15-24-28-25(16-18-27(34-32)29(26)28)31(22-12-6-3-7-13-22)35-30(24)21-10-4-2-5-11-21;1-2-6-10(7-3-1)11-8-4-5-9-12-11;/h2*2-13,15-19H,1H3;1-6,8-9H;/q3*-1;. The quantitative estimate of drug-likeness (QED) is 0.116. The van der Waals surface area contributed by atoms with Crippen molar-refractivity contribution in [1.29, 1.82) is 0 Å². The topological polar surface area (TPSA) is 90.2 Å². The summed E-state index contributed by atoms with van der Waals surface area (Å²) in [6.07, 6.45) is 1.79. The molecule has 8 heteroatoms. The summed E-state index contributed by atoms with van der Waals surface area (Å²) < 4.78 is 0. The van der Waals surface area contributed by atoms with E-state index < -0.39 is 0 Å². The van der Waals surface area contributed by atoms with Crippen LogP contribution in [0.15, 0.2) is 255 Å². The third-order valence-corrected chi connectivity index (χ3v) is 14.8. The fourth-order valence-electron chi connectivity index (χ4n) is 11.1. The van der Waals surface area contributed by atoms with Crippen molar-refractivity contribution in [2.24, 2.45) is 0 Å². The second-order valence-electron chi connectivity index (χ2n) is 20.3. The molecule has 0 bridgehead atoms. The first-order chi connectivity index (χ1) is 40.5. The molecule has 1 radical (unpaired) electrons. The maximum Gasteiger partial charge on any atom is 0.0788 e. The van der Waals surface area contributed by atoms with E-state index in [2.05, 4.69) is 195 Å². The molecule has 83 heavy (non-hydrogen) atoms. The van der Waals surface area contributed by atoms with Crippen LogP contribution in [0, 0.1) is 32.0 Å². The Morgan fingerprint density at radius 1 is 0.289 bits per heavy atom. The number of hydrogen-bond donors (Lipinski definition) is 0. The molecule has 0 amide bonds. The molecule has 0 N–H and O–H groups in total. The second kappa shape index (κ2) is 22.7.